The lowest BCUT2D eigenvalue weighted by Crippen LogP contribution is -2.59. The first-order valence-electron chi connectivity index (χ1n) is 8.22. The van der Waals surface area contributed by atoms with Crippen LogP contribution in [0.1, 0.15) is 44.6 Å². The number of hydrogen-bond acceptors (Lipinski definition) is 3. The van der Waals surface area contributed by atoms with E-state index >= 15 is 0 Å². The highest BCUT2D eigenvalue weighted by atomic mass is 16.6. The molecule has 2 bridgehead atoms. The number of hydrogen-bond donors (Lipinski definition) is 0. The minimum Gasteiger partial charge on any atom is -0.445 e. The number of benzene rings is 1. The second-order valence-corrected chi connectivity index (χ2v) is 6.28. The van der Waals surface area contributed by atoms with Gasteiger partial charge in [0.05, 0.1) is 0 Å². The van der Waals surface area contributed by atoms with Gasteiger partial charge in [0.15, 0.2) is 0 Å². The molecule has 2 aliphatic heterocycles. The molecule has 3 atom stereocenters. The molecule has 2 aliphatic rings. The number of piperidine rings is 2. The van der Waals surface area contributed by atoms with E-state index in [9.17, 15) is 9.59 Å². The largest absolute Gasteiger partial charge is 0.445 e. The summed E-state index contributed by atoms with van der Waals surface area (Å²) in [7, 11) is 0. The predicted octanol–water partition coefficient (Wildman–Crippen LogP) is 3.55. The number of Topliss-reactive ketones (excluding diaryl/α,β-unsaturated/α-hetero) is 1. The summed E-state index contributed by atoms with van der Waals surface area (Å²) in [6.45, 7) is 2.32. The van der Waals surface area contributed by atoms with Gasteiger partial charge in [-0.1, -0.05) is 37.3 Å². The van der Waals surface area contributed by atoms with E-state index in [1.54, 1.807) is 0 Å². The summed E-state index contributed by atoms with van der Waals surface area (Å²) in [6, 6.07) is 9.78. The smallest absolute Gasteiger partial charge is 0.410 e. The molecule has 0 N–H and O–H groups in total. The number of ketones is 1. The molecule has 1 aromatic rings. The minimum atomic E-state index is -0.260. The number of nitrogens with zero attached hydrogens (tertiary/aromatic N) is 1. The molecule has 118 valence electrons. The summed E-state index contributed by atoms with van der Waals surface area (Å²) in [5, 5.41) is 0. The monoisotopic (exact) mass is 301 g/mol. The summed E-state index contributed by atoms with van der Waals surface area (Å²) in [4.78, 5) is 26.6. The molecule has 2 saturated heterocycles. The van der Waals surface area contributed by atoms with Crippen LogP contribution in [0.4, 0.5) is 4.79 Å². The van der Waals surface area contributed by atoms with E-state index in [0.717, 1.165) is 31.2 Å². The molecule has 1 amide bonds. The molecule has 4 heteroatoms. The SMILES string of the molecule is CC[C@@H]1C(=O)C[C@@H]2CCC[C@H]1N2C(=O)OCc1ccccc1. The van der Waals surface area contributed by atoms with Gasteiger partial charge in [0.1, 0.15) is 12.4 Å². The van der Waals surface area contributed by atoms with E-state index in [4.69, 9.17) is 4.74 Å². The Hall–Kier alpha value is -1.84. The molecule has 0 spiro atoms. The van der Waals surface area contributed by atoms with Crippen molar-refractivity contribution in [3.8, 4) is 0 Å². The first kappa shape index (κ1) is 15.1. The average molecular weight is 301 g/mol. The van der Waals surface area contributed by atoms with Crippen LogP contribution < -0.4 is 0 Å². The van der Waals surface area contributed by atoms with E-state index in [0.29, 0.717) is 18.8 Å². The Kier molecular flexibility index (Phi) is 4.46. The zero-order valence-corrected chi connectivity index (χ0v) is 13.0. The first-order chi connectivity index (χ1) is 10.7. The Balaban J connectivity index is 1.69. The quantitative estimate of drug-likeness (QED) is 0.858. The van der Waals surface area contributed by atoms with Crippen LogP contribution in [0.2, 0.25) is 0 Å². The van der Waals surface area contributed by atoms with Gasteiger partial charge >= 0.3 is 6.09 Å². The van der Waals surface area contributed by atoms with Crippen molar-refractivity contribution in [2.75, 3.05) is 0 Å². The van der Waals surface area contributed by atoms with Gasteiger partial charge in [-0.05, 0) is 31.2 Å². The highest BCUT2D eigenvalue weighted by Gasteiger charge is 2.46. The molecule has 2 heterocycles. The molecule has 4 nitrogen and oxygen atoms in total. The van der Waals surface area contributed by atoms with Crippen molar-refractivity contribution in [1.82, 2.24) is 4.90 Å². The lowest BCUT2D eigenvalue weighted by atomic mass is 9.76. The number of carbonyl (C=O) groups is 2. The fourth-order valence-electron chi connectivity index (χ4n) is 3.88. The number of ether oxygens (including phenoxy) is 1. The van der Waals surface area contributed by atoms with Crippen molar-refractivity contribution < 1.29 is 14.3 Å². The van der Waals surface area contributed by atoms with Gasteiger partial charge in [-0.25, -0.2) is 4.79 Å². The third-order valence-electron chi connectivity index (χ3n) is 4.96. The van der Waals surface area contributed by atoms with Crippen molar-refractivity contribution in [2.24, 2.45) is 5.92 Å². The van der Waals surface area contributed by atoms with Gasteiger partial charge in [0.25, 0.3) is 0 Å². The second kappa shape index (κ2) is 6.51. The van der Waals surface area contributed by atoms with Crippen LogP contribution >= 0.6 is 0 Å². The highest BCUT2D eigenvalue weighted by Crippen LogP contribution is 2.37. The molecule has 0 saturated carbocycles. The molecule has 0 aromatic heterocycles. The minimum absolute atomic E-state index is 0.0131. The standard InChI is InChI=1S/C18H23NO3/c1-2-15-16-10-6-9-14(11-17(15)20)19(16)18(21)22-12-13-7-4-3-5-8-13/h3-5,7-8,14-16H,2,6,9-12H2,1H3/t14-,15-,16+/m0/s1. The molecule has 1 aromatic carbocycles. The zero-order chi connectivity index (χ0) is 15.5. The molecule has 0 aliphatic carbocycles. The van der Waals surface area contributed by atoms with Gasteiger partial charge in [-0.3, -0.25) is 4.79 Å². The second-order valence-electron chi connectivity index (χ2n) is 6.28. The molecule has 22 heavy (non-hydrogen) atoms. The van der Waals surface area contributed by atoms with E-state index in [1.807, 2.05) is 42.2 Å². The van der Waals surface area contributed by atoms with Gasteiger partial charge in [-0.2, -0.15) is 0 Å². The van der Waals surface area contributed by atoms with Gasteiger partial charge in [-0.15, -0.1) is 0 Å². The Morgan fingerprint density at radius 3 is 2.77 bits per heavy atom. The van der Waals surface area contributed by atoms with E-state index in [2.05, 4.69) is 0 Å². The van der Waals surface area contributed by atoms with Crippen LogP contribution in [-0.2, 0) is 16.1 Å². The summed E-state index contributed by atoms with van der Waals surface area (Å²) < 4.78 is 5.51. The van der Waals surface area contributed by atoms with Crippen LogP contribution in [0.3, 0.4) is 0 Å². The Labute approximate surface area is 131 Å². The maximum atomic E-state index is 12.5. The molecular weight excluding hydrogens is 278 g/mol. The summed E-state index contributed by atoms with van der Waals surface area (Å²) in [5.41, 5.74) is 0.987. The molecule has 2 fully saturated rings. The highest BCUT2D eigenvalue weighted by molar-refractivity contribution is 5.85. The number of fused-ring (bicyclic) bond motifs is 2. The topological polar surface area (TPSA) is 46.6 Å². The summed E-state index contributed by atoms with van der Waals surface area (Å²) in [6.07, 6.45) is 3.97. The predicted molar refractivity (Wildman–Crippen MR) is 83.3 cm³/mol. The average Bonchev–Trinajstić information content (AvgIpc) is 2.53. The summed E-state index contributed by atoms with van der Waals surface area (Å²) in [5.74, 6) is 0.310. The van der Waals surface area contributed by atoms with Crippen molar-refractivity contribution in [2.45, 2.75) is 57.7 Å². The van der Waals surface area contributed by atoms with Gasteiger partial charge in [0, 0.05) is 24.4 Å². The van der Waals surface area contributed by atoms with Crippen molar-refractivity contribution in [1.29, 1.82) is 0 Å². The fraction of sp³-hybridized carbons (Fsp3) is 0.556. The third-order valence-corrected chi connectivity index (χ3v) is 4.96. The van der Waals surface area contributed by atoms with Crippen LogP contribution in [0.25, 0.3) is 0 Å². The van der Waals surface area contributed by atoms with Crippen molar-refractivity contribution >= 4 is 11.9 Å². The maximum absolute atomic E-state index is 12.5. The first-order valence-corrected chi connectivity index (χ1v) is 8.22. The van der Waals surface area contributed by atoms with E-state index < -0.39 is 0 Å². The maximum Gasteiger partial charge on any atom is 0.410 e. The normalized spacial score (nSPS) is 27.6. The lowest BCUT2D eigenvalue weighted by Gasteiger charge is -2.48. The van der Waals surface area contributed by atoms with Crippen LogP contribution in [0, 0.1) is 5.92 Å². The van der Waals surface area contributed by atoms with E-state index in [-0.39, 0.29) is 24.1 Å². The van der Waals surface area contributed by atoms with Crippen LogP contribution in [0.5, 0.6) is 0 Å². The van der Waals surface area contributed by atoms with Gasteiger partial charge in [0.2, 0.25) is 0 Å². The molecule has 3 rings (SSSR count). The Morgan fingerprint density at radius 2 is 2.05 bits per heavy atom. The van der Waals surface area contributed by atoms with Crippen LogP contribution in [-0.4, -0.2) is 28.9 Å². The molecule has 0 radical (unpaired) electrons. The van der Waals surface area contributed by atoms with E-state index in [1.165, 1.54) is 0 Å². The van der Waals surface area contributed by atoms with Crippen molar-refractivity contribution in [3.63, 3.8) is 0 Å². The number of rotatable bonds is 3. The van der Waals surface area contributed by atoms with Gasteiger partial charge < -0.3 is 9.64 Å². The zero-order valence-electron chi connectivity index (χ0n) is 13.0. The van der Waals surface area contributed by atoms with Crippen LogP contribution in [0.15, 0.2) is 30.3 Å². The number of carbonyl (C=O) groups excluding carboxylic acids is 2. The third kappa shape index (κ3) is 2.87. The Morgan fingerprint density at radius 1 is 1.27 bits per heavy atom. The molecular formula is C18H23NO3. The summed E-state index contributed by atoms with van der Waals surface area (Å²) >= 11 is 0. The number of amides is 1. The van der Waals surface area contributed by atoms with Crippen molar-refractivity contribution in [3.05, 3.63) is 35.9 Å². The molecule has 0 unspecified atom stereocenters. The fourth-order valence-corrected chi connectivity index (χ4v) is 3.88. The Bertz CT molecular complexity index is 543. The lowest BCUT2D eigenvalue weighted by molar-refractivity contribution is -0.133.